The van der Waals surface area contributed by atoms with Crippen LogP contribution in [0.15, 0.2) is 152 Å². The quantitative estimate of drug-likeness (QED) is 0.151. The predicted molar refractivity (Wildman–Crippen MR) is 215 cm³/mol. The van der Waals surface area contributed by atoms with Crippen molar-refractivity contribution in [1.82, 2.24) is 19.5 Å². The van der Waals surface area contributed by atoms with E-state index in [0.717, 1.165) is 91.2 Å². The van der Waals surface area contributed by atoms with E-state index in [4.69, 9.17) is 19.7 Å². The molecule has 0 unspecified atom stereocenters. The summed E-state index contributed by atoms with van der Waals surface area (Å²) in [7, 11) is 0. The Kier molecular flexibility index (Phi) is 8.27. The fourth-order valence-electron chi connectivity index (χ4n) is 7.54. The highest BCUT2D eigenvalue weighted by atomic mass is 16.5. The molecule has 5 nitrogen and oxygen atoms in total. The van der Waals surface area contributed by atoms with Crippen molar-refractivity contribution in [3.8, 4) is 34.2 Å². The van der Waals surface area contributed by atoms with Crippen molar-refractivity contribution in [1.29, 1.82) is 0 Å². The summed E-state index contributed by atoms with van der Waals surface area (Å²) in [6.07, 6.45) is 11.5. The summed E-state index contributed by atoms with van der Waals surface area (Å²) in [5.41, 5.74) is 11.0. The molecule has 0 radical (unpaired) electrons. The van der Waals surface area contributed by atoms with Gasteiger partial charge in [-0.05, 0) is 60.7 Å². The SMILES string of the molecule is C=CC=CC(=C)c1ccc2c(c1)c(C)c(C=C)n2-c1cccc2c1OC1=C(c3nc(-c4ccccc4)nc(-c4ccccc4)n3)CCC=C1C2(C)C. The van der Waals surface area contributed by atoms with E-state index in [-0.39, 0.29) is 5.41 Å². The molecular formula is C47H40N4O. The van der Waals surface area contributed by atoms with Crippen LogP contribution in [0.1, 0.15) is 54.9 Å². The largest absolute Gasteiger partial charge is 0.454 e. The minimum absolute atomic E-state index is 0.350. The maximum absolute atomic E-state index is 7.20. The monoisotopic (exact) mass is 676 g/mol. The first-order valence-electron chi connectivity index (χ1n) is 17.7. The minimum atomic E-state index is -0.350. The smallest absolute Gasteiger partial charge is 0.164 e. The number of para-hydroxylation sites is 1. The molecule has 0 fully saturated rings. The molecule has 1 aliphatic heterocycles. The van der Waals surface area contributed by atoms with Gasteiger partial charge in [0.25, 0.3) is 0 Å². The molecule has 3 heterocycles. The number of ether oxygens (including phenoxy) is 1. The van der Waals surface area contributed by atoms with Gasteiger partial charge in [0.15, 0.2) is 23.2 Å². The number of hydrogen-bond donors (Lipinski definition) is 0. The molecule has 2 aromatic heterocycles. The maximum atomic E-state index is 7.20. The predicted octanol–water partition coefficient (Wildman–Crippen LogP) is 11.7. The van der Waals surface area contributed by atoms with Crippen LogP contribution in [0.5, 0.6) is 5.75 Å². The molecule has 6 aromatic rings. The lowest BCUT2D eigenvalue weighted by molar-refractivity contribution is 0.368. The molecule has 0 bridgehead atoms. The van der Waals surface area contributed by atoms with Crippen LogP contribution in [0.4, 0.5) is 0 Å². The van der Waals surface area contributed by atoms with Crippen LogP contribution in [-0.4, -0.2) is 19.5 Å². The molecule has 5 heteroatoms. The van der Waals surface area contributed by atoms with Crippen molar-refractivity contribution < 1.29 is 4.74 Å². The average Bonchev–Trinajstić information content (AvgIpc) is 3.47. The Balaban J connectivity index is 1.33. The third-order valence-corrected chi connectivity index (χ3v) is 10.3. The number of nitrogens with zero attached hydrogens (tertiary/aromatic N) is 4. The normalized spacial score (nSPS) is 14.8. The number of rotatable bonds is 8. The first-order chi connectivity index (χ1) is 25.3. The van der Waals surface area contributed by atoms with E-state index in [9.17, 15) is 0 Å². The Labute approximate surface area is 305 Å². The second-order valence-corrected chi connectivity index (χ2v) is 13.8. The van der Waals surface area contributed by atoms with Gasteiger partial charge >= 0.3 is 0 Å². The molecule has 0 saturated carbocycles. The van der Waals surface area contributed by atoms with Crippen LogP contribution in [0.25, 0.3) is 56.6 Å². The molecular weight excluding hydrogens is 637 g/mol. The molecule has 0 N–H and O–H groups in total. The highest BCUT2D eigenvalue weighted by Gasteiger charge is 2.41. The zero-order chi connectivity index (χ0) is 36.0. The molecule has 0 amide bonds. The fraction of sp³-hybridized carbons (Fsp3) is 0.128. The summed E-state index contributed by atoms with van der Waals surface area (Å²) in [5, 5.41) is 1.14. The number of hydrogen-bond acceptors (Lipinski definition) is 4. The van der Waals surface area contributed by atoms with Crippen LogP contribution >= 0.6 is 0 Å². The maximum Gasteiger partial charge on any atom is 0.164 e. The van der Waals surface area contributed by atoms with E-state index in [0.29, 0.717) is 17.5 Å². The van der Waals surface area contributed by atoms with Crippen molar-refractivity contribution in [2.75, 3.05) is 0 Å². The van der Waals surface area contributed by atoms with E-state index in [2.05, 4.69) is 87.5 Å². The summed E-state index contributed by atoms with van der Waals surface area (Å²) in [4.78, 5) is 15.2. The van der Waals surface area contributed by atoms with Crippen molar-refractivity contribution in [3.05, 3.63) is 181 Å². The number of aryl methyl sites for hydroxylation is 1. The van der Waals surface area contributed by atoms with E-state index in [1.165, 1.54) is 0 Å². The summed E-state index contributed by atoms with van der Waals surface area (Å²) >= 11 is 0. The van der Waals surface area contributed by atoms with Gasteiger partial charge in [-0.2, -0.15) is 0 Å². The van der Waals surface area contributed by atoms with Crippen molar-refractivity contribution in [3.63, 3.8) is 0 Å². The highest BCUT2D eigenvalue weighted by Crippen LogP contribution is 2.52. The zero-order valence-corrected chi connectivity index (χ0v) is 29.9. The molecule has 8 rings (SSSR count). The second-order valence-electron chi connectivity index (χ2n) is 13.8. The summed E-state index contributed by atoms with van der Waals surface area (Å²) in [6, 6.07) is 33.2. The Bertz CT molecular complexity index is 2450. The van der Waals surface area contributed by atoms with Crippen LogP contribution < -0.4 is 4.74 Å². The van der Waals surface area contributed by atoms with E-state index in [1.807, 2.05) is 78.9 Å². The first kappa shape index (κ1) is 32.9. The summed E-state index contributed by atoms with van der Waals surface area (Å²) in [6.45, 7) is 19.1. The summed E-state index contributed by atoms with van der Waals surface area (Å²) < 4.78 is 9.48. The molecule has 1 aliphatic carbocycles. The topological polar surface area (TPSA) is 52.8 Å². The van der Waals surface area contributed by atoms with Gasteiger partial charge in [-0.1, -0.05) is 137 Å². The van der Waals surface area contributed by atoms with Gasteiger partial charge in [0.05, 0.1) is 11.2 Å². The Hall–Kier alpha value is -6.33. The van der Waals surface area contributed by atoms with Crippen LogP contribution in [0, 0.1) is 6.92 Å². The zero-order valence-electron chi connectivity index (χ0n) is 29.9. The fourth-order valence-corrected chi connectivity index (χ4v) is 7.54. The number of allylic oxidation sites excluding steroid dienone is 7. The number of fused-ring (bicyclic) bond motifs is 3. The number of aromatic nitrogens is 4. The summed E-state index contributed by atoms with van der Waals surface area (Å²) in [5.74, 6) is 3.55. The second kappa shape index (κ2) is 13.1. The van der Waals surface area contributed by atoms with Gasteiger partial charge in [-0.15, -0.1) is 0 Å². The van der Waals surface area contributed by atoms with Crippen molar-refractivity contribution in [2.24, 2.45) is 0 Å². The van der Waals surface area contributed by atoms with Crippen molar-refractivity contribution in [2.45, 2.75) is 39.0 Å². The molecule has 2 aliphatic rings. The molecule has 254 valence electrons. The Morgan fingerprint density at radius 2 is 1.50 bits per heavy atom. The minimum Gasteiger partial charge on any atom is -0.454 e. The first-order valence-corrected chi connectivity index (χ1v) is 17.7. The van der Waals surface area contributed by atoms with E-state index < -0.39 is 0 Å². The Morgan fingerprint density at radius 3 is 2.15 bits per heavy atom. The van der Waals surface area contributed by atoms with Crippen molar-refractivity contribution >= 4 is 28.1 Å². The molecule has 4 aromatic carbocycles. The van der Waals surface area contributed by atoms with Crippen LogP contribution in [-0.2, 0) is 5.41 Å². The standard InChI is InChI=1S/C47H40N4O/c1-7-9-18-30(3)34-27-28-40-36(29-34)31(4)39(8-2)51(40)41-26-17-25-38-43(41)52-42-35(23-16-24-37(42)47(38,5)6)46-49-44(32-19-12-10-13-20-32)48-45(50-46)33-21-14-11-15-22-33/h7-15,17-22,24-29H,1-3,16,23H2,4-6H3. The third-order valence-electron chi connectivity index (χ3n) is 10.3. The average molecular weight is 677 g/mol. The molecule has 0 spiro atoms. The molecule has 0 saturated heterocycles. The van der Waals surface area contributed by atoms with Gasteiger partial charge in [0.1, 0.15) is 5.76 Å². The van der Waals surface area contributed by atoms with Gasteiger partial charge in [-0.25, -0.2) is 15.0 Å². The van der Waals surface area contributed by atoms with Crippen LogP contribution in [0.2, 0.25) is 0 Å². The van der Waals surface area contributed by atoms with Crippen LogP contribution in [0.3, 0.4) is 0 Å². The Morgan fingerprint density at radius 1 is 0.827 bits per heavy atom. The van der Waals surface area contributed by atoms with Gasteiger partial charge in [-0.3, -0.25) is 0 Å². The lowest BCUT2D eigenvalue weighted by Gasteiger charge is -2.40. The number of benzene rings is 4. The lowest BCUT2D eigenvalue weighted by atomic mass is 9.71. The van der Waals surface area contributed by atoms with Gasteiger partial charge in [0.2, 0.25) is 0 Å². The highest BCUT2D eigenvalue weighted by molar-refractivity contribution is 5.93. The van der Waals surface area contributed by atoms with Gasteiger partial charge in [0, 0.05) is 44.3 Å². The van der Waals surface area contributed by atoms with E-state index >= 15 is 0 Å². The molecule has 52 heavy (non-hydrogen) atoms. The lowest BCUT2D eigenvalue weighted by Crippen LogP contribution is -2.31. The molecule has 0 atom stereocenters. The third kappa shape index (κ3) is 5.46. The van der Waals surface area contributed by atoms with E-state index in [1.54, 1.807) is 6.08 Å². The van der Waals surface area contributed by atoms with Gasteiger partial charge < -0.3 is 9.30 Å².